The first-order valence-electron chi connectivity index (χ1n) is 14.6. The van der Waals surface area contributed by atoms with Crippen LogP contribution in [0.25, 0.3) is 0 Å². The Balaban J connectivity index is -0.000000422. The van der Waals surface area contributed by atoms with Crippen molar-refractivity contribution in [1.29, 1.82) is 0 Å². The molecule has 1 rings (SSSR count). The van der Waals surface area contributed by atoms with Crippen molar-refractivity contribution in [3.05, 3.63) is 29.8 Å². The molecule has 0 saturated carbocycles. The standard InChI is InChI=1S/C11H24.C10H14O.C8H18O2.C4H10/c1-5-7-8-11(6-2)9-10(3)4;1-8(2)9-4-6-10(11-3)7-5-9;1-8(2)4-5-10-7-6-9-3;1-4(2)3/h10-11H,5-9H2,1-4H3;4-8H,1-3H3;8H,4-7H2,1-3H3;4H,1-3H3. The molecule has 0 bridgehead atoms. The molecule has 0 heterocycles. The van der Waals surface area contributed by atoms with E-state index in [-0.39, 0.29) is 0 Å². The summed E-state index contributed by atoms with van der Waals surface area (Å²) in [6.45, 7) is 26.8. The summed E-state index contributed by atoms with van der Waals surface area (Å²) >= 11 is 0. The number of rotatable bonds is 14. The van der Waals surface area contributed by atoms with Gasteiger partial charge in [0.15, 0.2) is 0 Å². The SMILES string of the molecule is CC(C)C.CCCCC(CC)CC(C)C.COCCOCCC(C)C.COc1ccc(C(C)C)cc1. The number of ether oxygens (including phenoxy) is 3. The molecule has 1 aromatic rings. The van der Waals surface area contributed by atoms with Crippen LogP contribution in [0.1, 0.15) is 126 Å². The van der Waals surface area contributed by atoms with E-state index >= 15 is 0 Å². The van der Waals surface area contributed by atoms with Gasteiger partial charge in [0.05, 0.1) is 20.3 Å². The molecule has 0 aliphatic rings. The van der Waals surface area contributed by atoms with E-state index in [4.69, 9.17) is 14.2 Å². The molecule has 1 aromatic carbocycles. The predicted molar refractivity (Wildman–Crippen MR) is 163 cm³/mol. The maximum atomic E-state index is 5.26. The molecule has 0 aliphatic carbocycles. The van der Waals surface area contributed by atoms with Crippen LogP contribution >= 0.6 is 0 Å². The van der Waals surface area contributed by atoms with E-state index in [1.807, 2.05) is 12.1 Å². The van der Waals surface area contributed by atoms with Crippen LogP contribution < -0.4 is 4.74 Å². The van der Waals surface area contributed by atoms with E-state index in [0.717, 1.165) is 49.1 Å². The Kier molecular flexibility index (Phi) is 31.2. The lowest BCUT2D eigenvalue weighted by Gasteiger charge is -2.16. The first kappa shape index (κ1) is 39.5. The van der Waals surface area contributed by atoms with Crippen LogP contribution in [-0.4, -0.2) is 34.0 Å². The van der Waals surface area contributed by atoms with Crippen LogP contribution in [0.4, 0.5) is 0 Å². The smallest absolute Gasteiger partial charge is 0.118 e. The molecule has 0 fully saturated rings. The van der Waals surface area contributed by atoms with E-state index in [2.05, 4.69) is 88.3 Å². The fourth-order valence-corrected chi connectivity index (χ4v) is 3.20. The molecule has 1 atom stereocenters. The van der Waals surface area contributed by atoms with E-state index in [1.165, 1.54) is 37.7 Å². The molecule has 0 aliphatic heterocycles. The van der Waals surface area contributed by atoms with E-state index in [1.54, 1.807) is 14.2 Å². The summed E-state index contributed by atoms with van der Waals surface area (Å²) in [5.74, 6) is 4.98. The molecule has 0 saturated heterocycles. The molecule has 0 amide bonds. The zero-order valence-electron chi connectivity index (χ0n) is 26.8. The van der Waals surface area contributed by atoms with Gasteiger partial charge in [-0.3, -0.25) is 0 Å². The van der Waals surface area contributed by atoms with Crippen molar-refractivity contribution < 1.29 is 14.2 Å². The zero-order chi connectivity index (χ0) is 28.4. The highest BCUT2D eigenvalue weighted by Crippen LogP contribution is 2.20. The Morgan fingerprint density at radius 3 is 1.61 bits per heavy atom. The molecule has 3 heteroatoms. The minimum atomic E-state index is 0.598. The quantitative estimate of drug-likeness (QED) is 0.233. The van der Waals surface area contributed by atoms with Crippen LogP contribution in [0.15, 0.2) is 24.3 Å². The average Bonchev–Trinajstić information content (AvgIpc) is 2.81. The van der Waals surface area contributed by atoms with Crippen LogP contribution in [0.3, 0.4) is 0 Å². The summed E-state index contributed by atoms with van der Waals surface area (Å²) in [5.41, 5.74) is 1.35. The highest BCUT2D eigenvalue weighted by molar-refractivity contribution is 5.28. The summed E-state index contributed by atoms with van der Waals surface area (Å²) in [6.07, 6.45) is 8.17. The molecule has 0 radical (unpaired) electrons. The monoisotopic (exact) mass is 511 g/mol. The van der Waals surface area contributed by atoms with Crippen LogP contribution in [0.2, 0.25) is 0 Å². The normalized spacial score (nSPS) is 11.4. The van der Waals surface area contributed by atoms with Crippen LogP contribution in [-0.2, 0) is 9.47 Å². The summed E-state index contributed by atoms with van der Waals surface area (Å²) in [7, 11) is 3.37. The van der Waals surface area contributed by atoms with Gasteiger partial charge in [-0.25, -0.2) is 0 Å². The summed E-state index contributed by atoms with van der Waals surface area (Å²) in [4.78, 5) is 0. The van der Waals surface area contributed by atoms with Gasteiger partial charge in [0.25, 0.3) is 0 Å². The number of methoxy groups -OCH3 is 2. The van der Waals surface area contributed by atoms with Gasteiger partial charge in [-0.1, -0.05) is 114 Å². The van der Waals surface area contributed by atoms with E-state index < -0.39 is 0 Å². The number of benzene rings is 1. The molecular weight excluding hydrogens is 444 g/mol. The van der Waals surface area contributed by atoms with Crippen molar-refractivity contribution in [3.8, 4) is 5.75 Å². The Bertz CT molecular complexity index is 517. The molecule has 216 valence electrons. The topological polar surface area (TPSA) is 27.7 Å². The van der Waals surface area contributed by atoms with Gasteiger partial charge in [0.1, 0.15) is 5.75 Å². The van der Waals surface area contributed by atoms with Crippen molar-refractivity contribution in [2.24, 2.45) is 23.7 Å². The largest absolute Gasteiger partial charge is 0.497 e. The third kappa shape index (κ3) is 32.9. The molecule has 1 unspecified atom stereocenters. The second-order valence-electron chi connectivity index (χ2n) is 11.5. The second kappa shape index (κ2) is 28.5. The van der Waals surface area contributed by atoms with Crippen molar-refractivity contribution >= 4 is 0 Å². The van der Waals surface area contributed by atoms with Gasteiger partial charge in [0.2, 0.25) is 0 Å². The first-order valence-corrected chi connectivity index (χ1v) is 14.6. The third-order valence-corrected chi connectivity index (χ3v) is 5.40. The molecule has 36 heavy (non-hydrogen) atoms. The van der Waals surface area contributed by atoms with Gasteiger partial charge in [-0.15, -0.1) is 0 Å². The Morgan fingerprint density at radius 1 is 0.694 bits per heavy atom. The van der Waals surface area contributed by atoms with Gasteiger partial charge in [0, 0.05) is 13.7 Å². The van der Waals surface area contributed by atoms with Crippen molar-refractivity contribution in [3.63, 3.8) is 0 Å². The molecule has 0 aromatic heterocycles. The van der Waals surface area contributed by atoms with Gasteiger partial charge < -0.3 is 14.2 Å². The molecular formula is C33H66O3. The number of unbranched alkanes of at least 4 members (excludes halogenated alkanes) is 1. The minimum absolute atomic E-state index is 0.598. The van der Waals surface area contributed by atoms with Gasteiger partial charge >= 0.3 is 0 Å². The summed E-state index contributed by atoms with van der Waals surface area (Å²) in [5, 5.41) is 0. The van der Waals surface area contributed by atoms with Crippen LogP contribution in [0, 0.1) is 23.7 Å². The molecule has 3 nitrogen and oxygen atoms in total. The predicted octanol–water partition coefficient (Wildman–Crippen LogP) is 10.4. The highest BCUT2D eigenvalue weighted by atomic mass is 16.5. The second-order valence-corrected chi connectivity index (χ2v) is 11.5. The fraction of sp³-hybridized carbons (Fsp3) is 0.818. The minimum Gasteiger partial charge on any atom is -0.497 e. The molecule has 0 N–H and O–H groups in total. The van der Waals surface area contributed by atoms with Gasteiger partial charge in [-0.2, -0.15) is 0 Å². The fourth-order valence-electron chi connectivity index (χ4n) is 3.20. The van der Waals surface area contributed by atoms with Crippen molar-refractivity contribution in [2.45, 2.75) is 121 Å². The van der Waals surface area contributed by atoms with E-state index in [9.17, 15) is 0 Å². The van der Waals surface area contributed by atoms with Crippen molar-refractivity contribution in [1.82, 2.24) is 0 Å². The third-order valence-electron chi connectivity index (χ3n) is 5.40. The van der Waals surface area contributed by atoms with Crippen molar-refractivity contribution in [2.75, 3.05) is 34.0 Å². The average molecular weight is 511 g/mol. The zero-order valence-corrected chi connectivity index (χ0v) is 26.8. The maximum Gasteiger partial charge on any atom is 0.118 e. The van der Waals surface area contributed by atoms with Crippen LogP contribution in [0.5, 0.6) is 5.75 Å². The lowest BCUT2D eigenvalue weighted by atomic mass is 9.90. The number of hydrogen-bond acceptors (Lipinski definition) is 3. The highest BCUT2D eigenvalue weighted by Gasteiger charge is 2.07. The summed E-state index contributed by atoms with van der Waals surface area (Å²) in [6, 6.07) is 8.19. The lowest BCUT2D eigenvalue weighted by molar-refractivity contribution is 0.0654. The Morgan fingerprint density at radius 2 is 1.25 bits per heavy atom. The van der Waals surface area contributed by atoms with E-state index in [0.29, 0.717) is 12.5 Å². The maximum absolute atomic E-state index is 5.26. The molecule has 0 spiro atoms. The number of hydrogen-bond donors (Lipinski definition) is 0. The Labute approximate surface area is 228 Å². The first-order chi connectivity index (χ1) is 16.9. The summed E-state index contributed by atoms with van der Waals surface area (Å²) < 4.78 is 15.1. The van der Waals surface area contributed by atoms with Gasteiger partial charge in [-0.05, 0) is 60.1 Å². The Hall–Kier alpha value is -1.06. The lowest BCUT2D eigenvalue weighted by Crippen LogP contribution is -2.04.